The SMILES string of the molecule is COC1CCCOC12CCN(Cc1nc3ccccc3n1C)CC2. The van der Waals surface area contributed by atoms with Gasteiger partial charge in [0.1, 0.15) is 5.82 Å². The van der Waals surface area contributed by atoms with Crippen molar-refractivity contribution in [2.75, 3.05) is 26.8 Å². The summed E-state index contributed by atoms with van der Waals surface area (Å²) >= 11 is 0. The van der Waals surface area contributed by atoms with Crippen molar-refractivity contribution in [2.24, 2.45) is 7.05 Å². The zero-order chi connectivity index (χ0) is 16.6. The highest BCUT2D eigenvalue weighted by Gasteiger charge is 2.44. The van der Waals surface area contributed by atoms with Crippen LogP contribution in [0.25, 0.3) is 11.0 Å². The molecule has 1 spiro atoms. The lowest BCUT2D eigenvalue weighted by molar-refractivity contribution is -0.186. The first kappa shape index (κ1) is 16.1. The van der Waals surface area contributed by atoms with E-state index in [0.717, 1.165) is 63.3 Å². The maximum absolute atomic E-state index is 6.21. The predicted molar refractivity (Wildman–Crippen MR) is 93.9 cm³/mol. The number of hydrogen-bond donors (Lipinski definition) is 0. The van der Waals surface area contributed by atoms with Gasteiger partial charge in [-0.05, 0) is 37.8 Å². The monoisotopic (exact) mass is 329 g/mol. The number of ether oxygens (including phenoxy) is 2. The predicted octanol–water partition coefficient (Wildman–Crippen LogP) is 2.73. The van der Waals surface area contributed by atoms with Crippen LogP contribution < -0.4 is 0 Å². The van der Waals surface area contributed by atoms with Gasteiger partial charge in [-0.2, -0.15) is 0 Å². The maximum Gasteiger partial charge on any atom is 0.123 e. The highest BCUT2D eigenvalue weighted by molar-refractivity contribution is 5.75. The van der Waals surface area contributed by atoms with E-state index in [1.165, 1.54) is 5.52 Å². The zero-order valence-electron chi connectivity index (χ0n) is 14.7. The second-order valence-electron chi connectivity index (χ2n) is 7.13. The Balaban J connectivity index is 1.45. The molecule has 1 atom stereocenters. The lowest BCUT2D eigenvalue weighted by atomic mass is 9.82. The van der Waals surface area contributed by atoms with Crippen LogP contribution in [0.2, 0.25) is 0 Å². The van der Waals surface area contributed by atoms with Gasteiger partial charge in [-0.3, -0.25) is 4.90 Å². The van der Waals surface area contributed by atoms with Crippen molar-refractivity contribution in [3.05, 3.63) is 30.1 Å². The Morgan fingerprint density at radius 2 is 2.08 bits per heavy atom. The fourth-order valence-corrected chi connectivity index (χ4v) is 4.33. The molecule has 2 saturated heterocycles. The summed E-state index contributed by atoms with van der Waals surface area (Å²) < 4.78 is 14.2. The smallest absolute Gasteiger partial charge is 0.123 e. The number of para-hydroxylation sites is 2. The van der Waals surface area contributed by atoms with Crippen molar-refractivity contribution in [3.63, 3.8) is 0 Å². The number of methoxy groups -OCH3 is 1. The van der Waals surface area contributed by atoms with Crippen molar-refractivity contribution in [1.82, 2.24) is 14.5 Å². The fraction of sp³-hybridized carbons (Fsp3) is 0.632. The van der Waals surface area contributed by atoms with Gasteiger partial charge in [0, 0.05) is 33.9 Å². The van der Waals surface area contributed by atoms with Gasteiger partial charge < -0.3 is 14.0 Å². The molecule has 2 fully saturated rings. The minimum atomic E-state index is -0.0597. The van der Waals surface area contributed by atoms with Gasteiger partial charge in [-0.1, -0.05) is 12.1 Å². The Bertz CT molecular complexity index is 704. The van der Waals surface area contributed by atoms with Gasteiger partial charge in [0.2, 0.25) is 0 Å². The van der Waals surface area contributed by atoms with Crippen molar-refractivity contribution in [2.45, 2.75) is 43.9 Å². The van der Waals surface area contributed by atoms with E-state index in [9.17, 15) is 0 Å². The lowest BCUT2D eigenvalue weighted by Crippen LogP contribution is -2.55. The number of fused-ring (bicyclic) bond motifs is 1. The molecular formula is C19H27N3O2. The summed E-state index contributed by atoms with van der Waals surface area (Å²) in [6, 6.07) is 8.35. The van der Waals surface area contributed by atoms with Crippen LogP contribution in [0.3, 0.4) is 0 Å². The molecule has 130 valence electrons. The summed E-state index contributed by atoms with van der Waals surface area (Å²) in [6.45, 7) is 3.87. The van der Waals surface area contributed by atoms with Gasteiger partial charge in [0.05, 0.1) is 29.3 Å². The van der Waals surface area contributed by atoms with Crippen LogP contribution in [0.1, 0.15) is 31.5 Å². The normalized spacial score (nSPS) is 24.7. The van der Waals surface area contributed by atoms with Crippen LogP contribution >= 0.6 is 0 Å². The average Bonchev–Trinajstić information content (AvgIpc) is 2.94. The van der Waals surface area contributed by atoms with Crippen molar-refractivity contribution in [3.8, 4) is 0 Å². The molecule has 2 aliphatic rings. The first-order chi connectivity index (χ1) is 11.7. The molecule has 1 unspecified atom stereocenters. The van der Waals surface area contributed by atoms with Crippen LogP contribution in [0.15, 0.2) is 24.3 Å². The number of imidazole rings is 1. The van der Waals surface area contributed by atoms with Crippen molar-refractivity contribution >= 4 is 11.0 Å². The van der Waals surface area contributed by atoms with E-state index in [1.807, 2.05) is 7.11 Å². The average molecular weight is 329 g/mol. The van der Waals surface area contributed by atoms with Crippen LogP contribution in [-0.4, -0.2) is 53.0 Å². The topological polar surface area (TPSA) is 39.5 Å². The van der Waals surface area contributed by atoms with E-state index in [1.54, 1.807) is 0 Å². The molecule has 3 heterocycles. The van der Waals surface area contributed by atoms with Crippen LogP contribution in [-0.2, 0) is 23.1 Å². The number of rotatable bonds is 3. The van der Waals surface area contributed by atoms with E-state index in [4.69, 9.17) is 14.5 Å². The molecule has 1 aromatic carbocycles. The standard InChI is InChI=1S/C19H27N3O2/c1-21-16-7-4-3-6-15(16)20-18(21)14-22-11-9-19(10-12-22)17(23-2)8-5-13-24-19/h3-4,6-7,17H,5,8-14H2,1-2H3. The Morgan fingerprint density at radius 3 is 2.83 bits per heavy atom. The second-order valence-corrected chi connectivity index (χ2v) is 7.13. The van der Waals surface area contributed by atoms with E-state index >= 15 is 0 Å². The molecule has 5 heteroatoms. The van der Waals surface area contributed by atoms with Crippen LogP contribution in [0.5, 0.6) is 0 Å². The number of aryl methyl sites for hydroxylation is 1. The number of hydrogen-bond acceptors (Lipinski definition) is 4. The molecule has 1 aromatic heterocycles. The largest absolute Gasteiger partial charge is 0.378 e. The van der Waals surface area contributed by atoms with Crippen molar-refractivity contribution < 1.29 is 9.47 Å². The first-order valence-electron chi connectivity index (χ1n) is 9.01. The molecule has 0 N–H and O–H groups in total. The first-order valence-corrected chi connectivity index (χ1v) is 9.01. The van der Waals surface area contributed by atoms with Gasteiger partial charge >= 0.3 is 0 Å². The molecule has 2 aliphatic heterocycles. The summed E-state index contributed by atoms with van der Waals surface area (Å²) in [7, 11) is 3.94. The number of piperidine rings is 1. The molecule has 0 aliphatic carbocycles. The molecule has 4 rings (SSSR count). The van der Waals surface area contributed by atoms with E-state index in [-0.39, 0.29) is 11.7 Å². The Labute approximate surface area is 143 Å². The summed E-state index contributed by atoms with van der Waals surface area (Å²) in [5.41, 5.74) is 2.23. The number of benzene rings is 1. The second kappa shape index (κ2) is 6.47. The minimum absolute atomic E-state index is 0.0597. The van der Waals surface area contributed by atoms with E-state index in [0.29, 0.717) is 0 Å². The Kier molecular flexibility index (Phi) is 4.33. The summed E-state index contributed by atoms with van der Waals surface area (Å²) in [5.74, 6) is 1.14. The van der Waals surface area contributed by atoms with Crippen LogP contribution in [0.4, 0.5) is 0 Å². The van der Waals surface area contributed by atoms with E-state index < -0.39 is 0 Å². The fourth-order valence-electron chi connectivity index (χ4n) is 4.33. The molecule has 0 radical (unpaired) electrons. The van der Waals surface area contributed by atoms with E-state index in [2.05, 4.69) is 40.8 Å². The highest BCUT2D eigenvalue weighted by Crippen LogP contribution is 2.37. The van der Waals surface area contributed by atoms with Gasteiger partial charge in [0.15, 0.2) is 0 Å². The number of nitrogens with zero attached hydrogens (tertiary/aromatic N) is 3. The molecule has 0 bridgehead atoms. The van der Waals surface area contributed by atoms with Crippen molar-refractivity contribution in [1.29, 1.82) is 0 Å². The molecule has 0 saturated carbocycles. The van der Waals surface area contributed by atoms with Crippen LogP contribution in [0, 0.1) is 0 Å². The Hall–Kier alpha value is -1.43. The quantitative estimate of drug-likeness (QED) is 0.868. The summed E-state index contributed by atoms with van der Waals surface area (Å²) in [4.78, 5) is 7.30. The third-order valence-electron chi connectivity index (χ3n) is 5.82. The lowest BCUT2D eigenvalue weighted by Gasteiger charge is -2.48. The molecule has 0 amide bonds. The number of aromatic nitrogens is 2. The minimum Gasteiger partial charge on any atom is -0.378 e. The molecule has 2 aromatic rings. The third kappa shape index (κ3) is 2.75. The summed E-state index contributed by atoms with van der Waals surface area (Å²) in [6.07, 6.45) is 4.60. The zero-order valence-corrected chi connectivity index (χ0v) is 14.7. The van der Waals surface area contributed by atoms with Gasteiger partial charge in [-0.15, -0.1) is 0 Å². The molecular weight excluding hydrogens is 302 g/mol. The highest BCUT2D eigenvalue weighted by atomic mass is 16.5. The summed E-state index contributed by atoms with van der Waals surface area (Å²) in [5, 5.41) is 0. The third-order valence-corrected chi connectivity index (χ3v) is 5.82. The molecule has 24 heavy (non-hydrogen) atoms. The van der Waals surface area contributed by atoms with Gasteiger partial charge in [-0.25, -0.2) is 4.98 Å². The maximum atomic E-state index is 6.21. The Morgan fingerprint density at radius 1 is 1.29 bits per heavy atom. The van der Waals surface area contributed by atoms with Gasteiger partial charge in [0.25, 0.3) is 0 Å². The molecule has 5 nitrogen and oxygen atoms in total. The number of likely N-dealkylation sites (tertiary alicyclic amines) is 1.